The van der Waals surface area contributed by atoms with E-state index in [-0.39, 0.29) is 5.82 Å². The molecule has 6 rings (SSSR count). The molecule has 6 aromatic rings. The van der Waals surface area contributed by atoms with E-state index in [4.69, 9.17) is 0 Å². The Morgan fingerprint density at radius 1 is 0.806 bits per heavy atom. The van der Waals surface area contributed by atoms with Crippen molar-refractivity contribution in [3.63, 3.8) is 0 Å². The Labute approximate surface area is 175 Å². The molecule has 5 aromatic heterocycles. The number of nitrogens with zero attached hydrogens (tertiary/aromatic N) is 4. The first-order valence-corrected chi connectivity index (χ1v) is 9.75. The molecule has 0 bridgehead atoms. The Morgan fingerprint density at radius 3 is 2.55 bits per heavy atom. The third kappa shape index (κ3) is 2.86. The molecule has 0 aliphatic heterocycles. The molecule has 0 aliphatic rings. The molecule has 31 heavy (non-hydrogen) atoms. The number of rotatable bonds is 3. The van der Waals surface area contributed by atoms with E-state index in [2.05, 4.69) is 30.1 Å². The number of H-pyrrole nitrogens is 2. The lowest BCUT2D eigenvalue weighted by atomic mass is 10.0. The van der Waals surface area contributed by atoms with Crippen LogP contribution in [0.2, 0.25) is 0 Å². The van der Waals surface area contributed by atoms with E-state index in [1.54, 1.807) is 36.9 Å². The molecule has 0 aliphatic carbocycles. The van der Waals surface area contributed by atoms with Crippen molar-refractivity contribution >= 4 is 21.9 Å². The van der Waals surface area contributed by atoms with Crippen LogP contribution in [-0.4, -0.2) is 30.1 Å². The largest absolute Gasteiger partial charge is 0.338 e. The van der Waals surface area contributed by atoms with Gasteiger partial charge in [0.05, 0.1) is 23.1 Å². The van der Waals surface area contributed by atoms with Gasteiger partial charge in [-0.2, -0.15) is 5.10 Å². The van der Waals surface area contributed by atoms with Gasteiger partial charge in [-0.05, 0) is 42.0 Å². The Bertz CT molecular complexity index is 1550. The number of benzene rings is 1. The molecule has 148 valence electrons. The number of halogens is 1. The van der Waals surface area contributed by atoms with Crippen molar-refractivity contribution in [1.82, 2.24) is 30.1 Å². The first-order valence-electron chi connectivity index (χ1n) is 9.75. The molecular formula is C24H15FN6. The summed E-state index contributed by atoms with van der Waals surface area (Å²) in [5.41, 5.74) is 6.18. The maximum Gasteiger partial charge on any atom is 0.138 e. The highest BCUT2D eigenvalue weighted by atomic mass is 19.1. The van der Waals surface area contributed by atoms with Crippen molar-refractivity contribution < 1.29 is 4.39 Å². The van der Waals surface area contributed by atoms with Crippen LogP contribution >= 0.6 is 0 Å². The van der Waals surface area contributed by atoms with Gasteiger partial charge >= 0.3 is 0 Å². The topological polar surface area (TPSA) is 83.1 Å². The summed E-state index contributed by atoms with van der Waals surface area (Å²) >= 11 is 0. The van der Waals surface area contributed by atoms with Gasteiger partial charge in [0, 0.05) is 40.5 Å². The zero-order valence-corrected chi connectivity index (χ0v) is 16.2. The van der Waals surface area contributed by atoms with E-state index in [0.29, 0.717) is 11.2 Å². The molecule has 0 spiro atoms. The van der Waals surface area contributed by atoms with Crippen LogP contribution in [0.3, 0.4) is 0 Å². The fraction of sp³-hybridized carbons (Fsp3) is 0. The van der Waals surface area contributed by atoms with E-state index >= 15 is 0 Å². The van der Waals surface area contributed by atoms with Crippen LogP contribution < -0.4 is 0 Å². The number of nitrogens with one attached hydrogen (secondary N) is 2. The van der Waals surface area contributed by atoms with Crippen LogP contribution in [-0.2, 0) is 0 Å². The molecule has 7 heteroatoms. The fourth-order valence-corrected chi connectivity index (χ4v) is 3.87. The molecule has 0 fully saturated rings. The fourth-order valence-electron chi connectivity index (χ4n) is 3.87. The molecule has 0 unspecified atom stereocenters. The normalized spacial score (nSPS) is 11.4. The van der Waals surface area contributed by atoms with Crippen molar-refractivity contribution in [2.75, 3.05) is 0 Å². The molecular weight excluding hydrogens is 391 g/mol. The van der Waals surface area contributed by atoms with Gasteiger partial charge < -0.3 is 4.98 Å². The van der Waals surface area contributed by atoms with Gasteiger partial charge in [-0.15, -0.1) is 0 Å². The Hall–Kier alpha value is -4.39. The highest BCUT2D eigenvalue weighted by Crippen LogP contribution is 2.34. The Balaban J connectivity index is 1.53. The van der Waals surface area contributed by atoms with Gasteiger partial charge in [-0.1, -0.05) is 18.2 Å². The second kappa shape index (κ2) is 6.84. The third-order valence-electron chi connectivity index (χ3n) is 5.37. The second-order valence-corrected chi connectivity index (χ2v) is 7.21. The minimum absolute atomic E-state index is 0.268. The van der Waals surface area contributed by atoms with Crippen molar-refractivity contribution in [1.29, 1.82) is 0 Å². The van der Waals surface area contributed by atoms with E-state index in [9.17, 15) is 4.39 Å². The second-order valence-electron chi connectivity index (χ2n) is 7.21. The van der Waals surface area contributed by atoms with E-state index in [1.165, 1.54) is 6.07 Å². The predicted octanol–water partition coefficient (Wildman–Crippen LogP) is 5.37. The molecule has 1 aromatic carbocycles. The average Bonchev–Trinajstić information content (AvgIpc) is 3.43. The van der Waals surface area contributed by atoms with Gasteiger partial charge in [0.15, 0.2) is 0 Å². The van der Waals surface area contributed by atoms with Crippen molar-refractivity contribution in [3.05, 3.63) is 85.2 Å². The highest BCUT2D eigenvalue weighted by Gasteiger charge is 2.16. The van der Waals surface area contributed by atoms with Gasteiger partial charge in [0.25, 0.3) is 0 Å². The van der Waals surface area contributed by atoms with E-state index in [1.807, 2.05) is 36.4 Å². The summed E-state index contributed by atoms with van der Waals surface area (Å²) in [6.07, 6.45) is 6.93. The van der Waals surface area contributed by atoms with Crippen molar-refractivity contribution in [3.8, 4) is 33.8 Å². The summed E-state index contributed by atoms with van der Waals surface area (Å²) in [6.45, 7) is 0. The smallest absolute Gasteiger partial charge is 0.138 e. The van der Waals surface area contributed by atoms with Crippen LogP contribution in [0.15, 0.2) is 79.4 Å². The van der Waals surface area contributed by atoms with Gasteiger partial charge in [0.2, 0.25) is 0 Å². The number of pyridine rings is 3. The lowest BCUT2D eigenvalue weighted by Gasteiger charge is -2.04. The van der Waals surface area contributed by atoms with Gasteiger partial charge in [0.1, 0.15) is 17.2 Å². The number of aromatic nitrogens is 6. The van der Waals surface area contributed by atoms with Crippen LogP contribution in [0.4, 0.5) is 4.39 Å². The van der Waals surface area contributed by atoms with Crippen LogP contribution in [0.25, 0.3) is 55.7 Å². The minimum atomic E-state index is -0.268. The van der Waals surface area contributed by atoms with Gasteiger partial charge in [-0.3, -0.25) is 15.1 Å². The van der Waals surface area contributed by atoms with E-state index < -0.39 is 0 Å². The lowest BCUT2D eigenvalue weighted by molar-refractivity contribution is 0.631. The minimum Gasteiger partial charge on any atom is -0.338 e. The molecule has 0 amide bonds. The number of hydrogen-bond acceptors (Lipinski definition) is 4. The lowest BCUT2D eigenvalue weighted by Crippen LogP contribution is -1.85. The third-order valence-corrected chi connectivity index (χ3v) is 5.37. The monoisotopic (exact) mass is 406 g/mol. The standard InChI is InChI=1S/C24H15FN6/c25-19-4-2-1-3-16(19)15-7-10-27-24-17(15)11-21(29-24)23-18-12-20(14-5-8-26-9-6-14)28-13-22(18)30-31-23/h1-13H,(H,27,29)(H,30,31). The highest BCUT2D eigenvalue weighted by molar-refractivity contribution is 6.00. The summed E-state index contributed by atoms with van der Waals surface area (Å²) in [5.74, 6) is -0.268. The molecule has 0 atom stereocenters. The first kappa shape index (κ1) is 17.5. The summed E-state index contributed by atoms with van der Waals surface area (Å²) in [5, 5.41) is 9.31. The summed E-state index contributed by atoms with van der Waals surface area (Å²) in [7, 11) is 0. The van der Waals surface area contributed by atoms with Crippen molar-refractivity contribution in [2.24, 2.45) is 0 Å². The number of hydrogen-bond donors (Lipinski definition) is 2. The molecule has 6 nitrogen and oxygen atoms in total. The average molecular weight is 406 g/mol. The predicted molar refractivity (Wildman–Crippen MR) is 118 cm³/mol. The van der Waals surface area contributed by atoms with Crippen LogP contribution in [0, 0.1) is 5.82 Å². The molecule has 0 saturated heterocycles. The molecule has 0 radical (unpaired) electrons. The quantitative estimate of drug-likeness (QED) is 0.414. The Morgan fingerprint density at radius 2 is 1.68 bits per heavy atom. The zero-order valence-electron chi connectivity index (χ0n) is 16.2. The Kier molecular flexibility index (Phi) is 3.86. The van der Waals surface area contributed by atoms with Crippen molar-refractivity contribution in [2.45, 2.75) is 0 Å². The first-order chi connectivity index (χ1) is 15.3. The number of aromatic amines is 2. The molecule has 5 heterocycles. The van der Waals surface area contributed by atoms with E-state index in [0.717, 1.165) is 44.5 Å². The summed E-state index contributed by atoms with van der Waals surface area (Å²) < 4.78 is 14.4. The maximum atomic E-state index is 14.4. The SMILES string of the molecule is Fc1ccccc1-c1ccnc2[nH]c(-c3n[nH]c4cnc(-c5ccncc5)cc34)cc12. The molecule has 0 saturated carbocycles. The van der Waals surface area contributed by atoms with Crippen LogP contribution in [0.5, 0.6) is 0 Å². The number of fused-ring (bicyclic) bond motifs is 2. The zero-order chi connectivity index (χ0) is 20.8. The maximum absolute atomic E-state index is 14.4. The summed E-state index contributed by atoms with van der Waals surface area (Å²) in [6, 6.07) is 16.4. The van der Waals surface area contributed by atoms with Gasteiger partial charge in [-0.25, -0.2) is 9.37 Å². The molecule has 2 N–H and O–H groups in total. The van der Waals surface area contributed by atoms with Crippen LogP contribution in [0.1, 0.15) is 0 Å². The summed E-state index contributed by atoms with van der Waals surface area (Å²) in [4.78, 5) is 16.4.